The zero-order chi connectivity index (χ0) is 20.1. The summed E-state index contributed by atoms with van der Waals surface area (Å²) in [6, 6.07) is 7.83. The van der Waals surface area contributed by atoms with E-state index in [4.69, 9.17) is 12.2 Å². The first-order valence-corrected chi connectivity index (χ1v) is 11.1. The van der Waals surface area contributed by atoms with Crippen molar-refractivity contribution < 1.29 is 4.79 Å². The maximum atomic E-state index is 12.2. The summed E-state index contributed by atoms with van der Waals surface area (Å²) in [7, 11) is 0. The van der Waals surface area contributed by atoms with Crippen molar-refractivity contribution >= 4 is 51.3 Å². The fraction of sp³-hybridized carbons (Fsp3) is 0.333. The second kappa shape index (κ2) is 9.28. The second-order valence-electron chi connectivity index (χ2n) is 7.09. The minimum Gasteiger partial charge on any atom is -0.355 e. The third-order valence-electron chi connectivity index (χ3n) is 4.91. The number of H-pyrrole nitrogens is 1. The van der Waals surface area contributed by atoms with E-state index in [-0.39, 0.29) is 12.3 Å². The van der Waals surface area contributed by atoms with Gasteiger partial charge in [-0.15, -0.1) is 11.3 Å². The highest BCUT2D eigenvalue weighted by Crippen LogP contribution is 2.25. The molecule has 6 nitrogen and oxygen atoms in total. The van der Waals surface area contributed by atoms with Crippen LogP contribution in [0.15, 0.2) is 41.3 Å². The average Bonchev–Trinajstić information content (AvgIpc) is 3.15. The average molecular weight is 426 g/mol. The molecule has 3 N–H and O–H groups in total. The van der Waals surface area contributed by atoms with Crippen molar-refractivity contribution in [2.75, 3.05) is 11.9 Å². The molecule has 0 saturated heterocycles. The number of anilines is 2. The number of nitrogens with zero attached hydrogens (tertiary/aromatic N) is 2. The molecular weight excluding hydrogens is 402 g/mol. The number of rotatable bonds is 7. The van der Waals surface area contributed by atoms with Crippen molar-refractivity contribution in [3.05, 3.63) is 51.8 Å². The van der Waals surface area contributed by atoms with Gasteiger partial charge in [-0.25, -0.2) is 9.97 Å². The van der Waals surface area contributed by atoms with Gasteiger partial charge in [-0.05, 0) is 56.5 Å². The summed E-state index contributed by atoms with van der Waals surface area (Å²) in [5.74, 6) is 0.666. The van der Waals surface area contributed by atoms with Crippen LogP contribution in [0.5, 0.6) is 0 Å². The number of allylic oxidation sites excluding steroid dienone is 1. The van der Waals surface area contributed by atoms with E-state index in [1.165, 1.54) is 42.6 Å². The highest BCUT2D eigenvalue weighted by Gasteiger charge is 2.11. The number of hydrogen-bond acceptors (Lipinski definition) is 6. The highest BCUT2D eigenvalue weighted by atomic mass is 32.1. The molecule has 0 fully saturated rings. The number of amides is 1. The minimum atomic E-state index is 0.00369. The molecule has 0 bridgehead atoms. The van der Waals surface area contributed by atoms with E-state index in [9.17, 15) is 4.79 Å². The third kappa shape index (κ3) is 5.27. The molecule has 150 valence electrons. The normalized spacial score (nSPS) is 13.9. The third-order valence-corrected chi connectivity index (χ3v) is 5.91. The fourth-order valence-corrected chi connectivity index (χ4v) is 4.38. The van der Waals surface area contributed by atoms with Crippen LogP contribution in [0.2, 0.25) is 0 Å². The van der Waals surface area contributed by atoms with Crippen LogP contribution in [0.25, 0.3) is 10.9 Å². The zero-order valence-electron chi connectivity index (χ0n) is 16.0. The Hall–Kier alpha value is -2.58. The van der Waals surface area contributed by atoms with Gasteiger partial charge in [-0.1, -0.05) is 23.8 Å². The molecule has 3 aromatic rings. The molecule has 4 rings (SSSR count). The molecule has 1 aliphatic rings. The number of hydrogen-bond donors (Lipinski definition) is 3. The molecule has 1 aliphatic carbocycles. The van der Waals surface area contributed by atoms with Crippen molar-refractivity contribution in [1.82, 2.24) is 20.3 Å². The van der Waals surface area contributed by atoms with Gasteiger partial charge in [0, 0.05) is 17.3 Å². The summed E-state index contributed by atoms with van der Waals surface area (Å²) in [6.45, 7) is 0.692. The van der Waals surface area contributed by atoms with E-state index >= 15 is 0 Å². The topological polar surface area (TPSA) is 82.7 Å². The molecule has 29 heavy (non-hydrogen) atoms. The van der Waals surface area contributed by atoms with Gasteiger partial charge in [0.2, 0.25) is 5.91 Å². The van der Waals surface area contributed by atoms with E-state index in [1.807, 2.05) is 29.6 Å². The summed E-state index contributed by atoms with van der Waals surface area (Å²) in [4.78, 5) is 24.2. The fourth-order valence-electron chi connectivity index (χ4n) is 3.47. The molecular formula is C21H23N5OS2. The lowest BCUT2D eigenvalue weighted by Crippen LogP contribution is -2.26. The number of aromatic amines is 1. The number of carbonyl (C=O) groups is 1. The number of thiazole rings is 1. The Labute approximate surface area is 178 Å². The van der Waals surface area contributed by atoms with E-state index < -0.39 is 0 Å². The second-order valence-corrected chi connectivity index (χ2v) is 8.33. The highest BCUT2D eigenvalue weighted by molar-refractivity contribution is 7.71. The molecule has 1 amide bonds. The summed E-state index contributed by atoms with van der Waals surface area (Å²) in [5.41, 5.74) is 3.13. The summed E-state index contributed by atoms with van der Waals surface area (Å²) in [6.07, 6.45) is 8.45. The predicted molar refractivity (Wildman–Crippen MR) is 120 cm³/mol. The maximum Gasteiger partial charge on any atom is 0.226 e. The van der Waals surface area contributed by atoms with Crippen LogP contribution in [0.1, 0.15) is 37.8 Å². The molecule has 0 spiro atoms. The van der Waals surface area contributed by atoms with Crippen molar-refractivity contribution in [3.8, 4) is 0 Å². The number of fused-ring (bicyclic) bond motifs is 1. The van der Waals surface area contributed by atoms with Crippen LogP contribution in [0.3, 0.4) is 0 Å². The van der Waals surface area contributed by atoms with Gasteiger partial charge in [0.1, 0.15) is 5.82 Å². The van der Waals surface area contributed by atoms with Crippen molar-refractivity contribution in [3.63, 3.8) is 0 Å². The largest absolute Gasteiger partial charge is 0.355 e. The molecule has 2 heterocycles. The summed E-state index contributed by atoms with van der Waals surface area (Å²) in [5, 5.41) is 9.77. The van der Waals surface area contributed by atoms with Gasteiger partial charge in [0.25, 0.3) is 0 Å². The Bertz CT molecular complexity index is 1100. The van der Waals surface area contributed by atoms with Crippen LogP contribution in [0.4, 0.5) is 10.9 Å². The van der Waals surface area contributed by atoms with Gasteiger partial charge in [0.15, 0.2) is 9.90 Å². The van der Waals surface area contributed by atoms with Gasteiger partial charge < -0.3 is 15.6 Å². The standard InChI is InChI=1S/C21H23N5OS2/c27-18(22-11-10-14-6-2-1-3-7-14)12-15-13-29-21(23-15)26-19-16-8-4-5-9-17(16)24-20(28)25-19/h4-6,8-9,13H,1-3,7,10-12H2,(H,22,27)(H2,23,24,25,26,28). The number of carbonyl (C=O) groups excluding carboxylic acids is 1. The molecule has 0 saturated carbocycles. The Morgan fingerprint density at radius 2 is 2.14 bits per heavy atom. The SMILES string of the molecule is O=C(Cc1csc(Nc2nc(=S)[nH]c3ccccc23)n1)NCCC1=CCCCC1. The van der Waals surface area contributed by atoms with Gasteiger partial charge in [0.05, 0.1) is 17.6 Å². The number of para-hydroxylation sites is 1. The molecule has 0 atom stereocenters. The first kappa shape index (κ1) is 19.7. The Balaban J connectivity index is 1.34. The zero-order valence-corrected chi connectivity index (χ0v) is 17.7. The van der Waals surface area contributed by atoms with Crippen molar-refractivity contribution in [2.45, 2.75) is 38.5 Å². The minimum absolute atomic E-state index is 0.00369. The van der Waals surface area contributed by atoms with Crippen molar-refractivity contribution in [2.24, 2.45) is 0 Å². The monoisotopic (exact) mass is 425 g/mol. The predicted octanol–water partition coefficient (Wildman–Crippen LogP) is 5.04. The molecule has 2 aromatic heterocycles. The van der Waals surface area contributed by atoms with E-state index in [0.717, 1.165) is 23.0 Å². The molecule has 0 radical (unpaired) electrons. The number of benzene rings is 1. The number of aromatic nitrogens is 3. The lowest BCUT2D eigenvalue weighted by Gasteiger charge is -2.12. The van der Waals surface area contributed by atoms with E-state index in [2.05, 4.69) is 31.7 Å². The smallest absolute Gasteiger partial charge is 0.226 e. The quantitative estimate of drug-likeness (QED) is 0.365. The van der Waals surface area contributed by atoms with Gasteiger partial charge >= 0.3 is 0 Å². The molecule has 0 aliphatic heterocycles. The summed E-state index contributed by atoms with van der Waals surface area (Å²) >= 11 is 6.66. The van der Waals surface area contributed by atoms with Crippen LogP contribution in [-0.4, -0.2) is 27.4 Å². The van der Waals surface area contributed by atoms with Gasteiger partial charge in [-0.2, -0.15) is 0 Å². The molecule has 1 aromatic carbocycles. The van der Waals surface area contributed by atoms with E-state index in [0.29, 0.717) is 22.3 Å². The van der Waals surface area contributed by atoms with Crippen molar-refractivity contribution in [1.29, 1.82) is 0 Å². The number of nitrogens with one attached hydrogen (secondary N) is 3. The van der Waals surface area contributed by atoms with Crippen LogP contribution in [0, 0.1) is 4.77 Å². The van der Waals surface area contributed by atoms with E-state index in [1.54, 1.807) is 0 Å². The lowest BCUT2D eigenvalue weighted by atomic mass is 9.97. The Morgan fingerprint density at radius 1 is 1.24 bits per heavy atom. The molecule has 0 unspecified atom stereocenters. The molecule has 8 heteroatoms. The van der Waals surface area contributed by atoms with Crippen LogP contribution in [-0.2, 0) is 11.2 Å². The van der Waals surface area contributed by atoms with Crippen LogP contribution >= 0.6 is 23.6 Å². The first-order valence-electron chi connectivity index (χ1n) is 9.82. The Kier molecular flexibility index (Phi) is 6.31. The van der Waals surface area contributed by atoms with Crippen LogP contribution < -0.4 is 10.6 Å². The summed E-state index contributed by atoms with van der Waals surface area (Å²) < 4.78 is 0.412. The van der Waals surface area contributed by atoms with Gasteiger partial charge in [-0.3, -0.25) is 4.79 Å². The first-order chi connectivity index (χ1) is 14.2. The Morgan fingerprint density at radius 3 is 3.00 bits per heavy atom. The lowest BCUT2D eigenvalue weighted by molar-refractivity contribution is -0.120. The maximum absolute atomic E-state index is 12.2.